The molecule has 0 aromatic heterocycles. The van der Waals surface area contributed by atoms with Gasteiger partial charge in [0.1, 0.15) is 11.5 Å². The summed E-state index contributed by atoms with van der Waals surface area (Å²) in [5.41, 5.74) is 8.04. The molecule has 2 aromatic carbocycles. The second kappa shape index (κ2) is 12.2. The lowest BCUT2D eigenvalue weighted by molar-refractivity contribution is -0.109. The summed E-state index contributed by atoms with van der Waals surface area (Å²) in [6.45, 7) is 6.06. The van der Waals surface area contributed by atoms with Crippen molar-refractivity contribution in [3.05, 3.63) is 48.0 Å². The standard InChI is InChI=1S/C19H25N3O2.C2H5NO/c1-4-15(5-2)21-19(23)22-16-8-11-18(13(3)12-16)24-17-9-6-14(20)7-10-17;1-3-2-4/h6-12,15H,4-5,20H2,1-3H3,(H2,21,22,23);2H,1H3,(H,3,4). The Hall–Kier alpha value is -3.22. The van der Waals surface area contributed by atoms with Gasteiger partial charge in [-0.1, -0.05) is 13.8 Å². The fraction of sp³-hybridized carbons (Fsp3) is 0.333. The maximum absolute atomic E-state index is 12.0. The first-order valence-electron chi connectivity index (χ1n) is 9.25. The Labute approximate surface area is 166 Å². The van der Waals surface area contributed by atoms with Crippen LogP contribution in [0.4, 0.5) is 16.2 Å². The van der Waals surface area contributed by atoms with E-state index in [1.54, 1.807) is 19.2 Å². The van der Waals surface area contributed by atoms with E-state index in [9.17, 15) is 4.79 Å². The average molecular weight is 386 g/mol. The lowest BCUT2D eigenvalue weighted by atomic mass is 10.2. The van der Waals surface area contributed by atoms with Crippen molar-refractivity contribution in [2.45, 2.75) is 39.7 Å². The fourth-order valence-corrected chi connectivity index (χ4v) is 2.35. The number of amides is 3. The number of benzene rings is 2. The maximum atomic E-state index is 12.0. The zero-order valence-corrected chi connectivity index (χ0v) is 16.9. The molecular formula is C21H30N4O3. The van der Waals surface area contributed by atoms with Crippen molar-refractivity contribution in [2.24, 2.45) is 0 Å². The molecule has 3 amide bonds. The highest BCUT2D eigenvalue weighted by molar-refractivity contribution is 5.89. The molecule has 0 atom stereocenters. The Kier molecular flexibility index (Phi) is 9.96. The van der Waals surface area contributed by atoms with Crippen molar-refractivity contribution in [2.75, 3.05) is 18.1 Å². The highest BCUT2D eigenvalue weighted by atomic mass is 16.5. The third kappa shape index (κ3) is 7.99. The Morgan fingerprint density at radius 1 is 1.14 bits per heavy atom. The zero-order chi connectivity index (χ0) is 20.9. The summed E-state index contributed by atoms with van der Waals surface area (Å²) >= 11 is 0. The number of hydrogen-bond acceptors (Lipinski definition) is 4. The van der Waals surface area contributed by atoms with E-state index in [1.807, 2.05) is 37.3 Å². The summed E-state index contributed by atoms with van der Waals surface area (Å²) in [5.74, 6) is 1.46. The number of anilines is 2. The highest BCUT2D eigenvalue weighted by Gasteiger charge is 2.09. The van der Waals surface area contributed by atoms with Crippen LogP contribution in [-0.4, -0.2) is 25.5 Å². The quantitative estimate of drug-likeness (QED) is 0.426. The fourth-order valence-electron chi connectivity index (χ4n) is 2.35. The van der Waals surface area contributed by atoms with Crippen molar-refractivity contribution >= 4 is 23.8 Å². The molecule has 0 radical (unpaired) electrons. The molecule has 2 rings (SSSR count). The molecule has 0 aliphatic heterocycles. The van der Waals surface area contributed by atoms with E-state index in [0.717, 1.165) is 35.6 Å². The van der Waals surface area contributed by atoms with Crippen LogP contribution in [0.5, 0.6) is 11.5 Å². The molecule has 2 aromatic rings. The molecule has 7 nitrogen and oxygen atoms in total. The van der Waals surface area contributed by atoms with Crippen molar-refractivity contribution in [3.8, 4) is 11.5 Å². The van der Waals surface area contributed by atoms with Crippen LogP contribution >= 0.6 is 0 Å². The molecule has 0 saturated heterocycles. The number of urea groups is 1. The van der Waals surface area contributed by atoms with Gasteiger partial charge in [-0.05, 0) is 67.8 Å². The van der Waals surface area contributed by atoms with Gasteiger partial charge in [-0.2, -0.15) is 0 Å². The number of carbonyl (C=O) groups excluding carboxylic acids is 2. The zero-order valence-electron chi connectivity index (χ0n) is 16.9. The van der Waals surface area contributed by atoms with E-state index < -0.39 is 0 Å². The van der Waals surface area contributed by atoms with Gasteiger partial charge in [0.15, 0.2) is 0 Å². The van der Waals surface area contributed by atoms with E-state index in [0.29, 0.717) is 12.1 Å². The predicted octanol–water partition coefficient (Wildman–Crippen LogP) is 4.04. The summed E-state index contributed by atoms with van der Waals surface area (Å²) in [7, 11) is 1.56. The summed E-state index contributed by atoms with van der Waals surface area (Å²) in [6.07, 6.45) is 2.45. The number of carbonyl (C=O) groups is 2. The van der Waals surface area contributed by atoms with E-state index in [2.05, 4.69) is 29.8 Å². The predicted molar refractivity (Wildman–Crippen MR) is 114 cm³/mol. The molecular weight excluding hydrogens is 356 g/mol. The lowest BCUT2D eigenvalue weighted by Crippen LogP contribution is -2.37. The summed E-state index contributed by atoms with van der Waals surface area (Å²) in [4.78, 5) is 21.1. The van der Waals surface area contributed by atoms with Gasteiger partial charge in [-0.25, -0.2) is 4.79 Å². The van der Waals surface area contributed by atoms with Crippen molar-refractivity contribution in [3.63, 3.8) is 0 Å². The summed E-state index contributed by atoms with van der Waals surface area (Å²) < 4.78 is 5.84. The SMILES string of the molecule is CCC(CC)NC(=O)Nc1ccc(Oc2ccc(N)cc2)c(C)c1.CNC=O. The number of nitrogens with two attached hydrogens (primary N) is 1. The minimum atomic E-state index is -0.185. The monoisotopic (exact) mass is 386 g/mol. The number of aryl methyl sites for hydroxylation is 1. The second-order valence-electron chi connectivity index (χ2n) is 6.17. The molecule has 0 saturated carbocycles. The summed E-state index contributed by atoms with van der Waals surface area (Å²) in [5, 5.41) is 8.06. The van der Waals surface area contributed by atoms with Crippen LogP contribution in [0.25, 0.3) is 0 Å². The van der Waals surface area contributed by atoms with Crippen molar-refractivity contribution in [1.82, 2.24) is 10.6 Å². The van der Waals surface area contributed by atoms with E-state index >= 15 is 0 Å². The van der Waals surface area contributed by atoms with Gasteiger partial charge in [0.2, 0.25) is 6.41 Å². The van der Waals surface area contributed by atoms with Crippen molar-refractivity contribution < 1.29 is 14.3 Å². The number of rotatable bonds is 7. The molecule has 5 N–H and O–H groups in total. The van der Waals surface area contributed by atoms with Gasteiger partial charge in [0.25, 0.3) is 0 Å². The summed E-state index contributed by atoms with van der Waals surface area (Å²) in [6, 6.07) is 12.8. The molecule has 152 valence electrons. The first-order valence-corrected chi connectivity index (χ1v) is 9.25. The Morgan fingerprint density at radius 3 is 2.25 bits per heavy atom. The molecule has 0 bridgehead atoms. The average Bonchev–Trinajstić information content (AvgIpc) is 2.70. The Bertz CT molecular complexity index is 744. The van der Waals surface area contributed by atoms with Gasteiger partial charge in [-0.15, -0.1) is 0 Å². The number of hydrogen-bond donors (Lipinski definition) is 4. The number of nitrogens with one attached hydrogen (secondary N) is 3. The van der Waals surface area contributed by atoms with E-state index in [-0.39, 0.29) is 12.1 Å². The molecule has 7 heteroatoms. The van der Waals surface area contributed by atoms with E-state index in [4.69, 9.17) is 15.3 Å². The largest absolute Gasteiger partial charge is 0.457 e. The van der Waals surface area contributed by atoms with Crippen LogP contribution in [-0.2, 0) is 4.79 Å². The number of nitrogen functional groups attached to an aromatic ring is 1. The van der Waals surface area contributed by atoms with Gasteiger partial charge in [-0.3, -0.25) is 4.79 Å². The molecule has 0 spiro atoms. The smallest absolute Gasteiger partial charge is 0.319 e. The molecule has 28 heavy (non-hydrogen) atoms. The molecule has 0 unspecified atom stereocenters. The minimum absolute atomic E-state index is 0.185. The van der Waals surface area contributed by atoms with Gasteiger partial charge in [0.05, 0.1) is 0 Å². The topological polar surface area (TPSA) is 105 Å². The van der Waals surface area contributed by atoms with Crippen LogP contribution in [0.2, 0.25) is 0 Å². The molecule has 0 aliphatic rings. The molecule has 0 heterocycles. The maximum Gasteiger partial charge on any atom is 0.319 e. The lowest BCUT2D eigenvalue weighted by Gasteiger charge is -2.16. The first kappa shape index (κ1) is 22.8. The number of ether oxygens (including phenoxy) is 1. The highest BCUT2D eigenvalue weighted by Crippen LogP contribution is 2.27. The van der Waals surface area contributed by atoms with Crippen LogP contribution in [0.3, 0.4) is 0 Å². The van der Waals surface area contributed by atoms with Gasteiger partial charge < -0.3 is 26.4 Å². The first-order chi connectivity index (χ1) is 13.4. The van der Waals surface area contributed by atoms with Crippen LogP contribution in [0.1, 0.15) is 32.3 Å². The third-order valence-corrected chi connectivity index (χ3v) is 3.98. The molecule has 0 aliphatic carbocycles. The Morgan fingerprint density at radius 2 is 1.75 bits per heavy atom. The van der Waals surface area contributed by atoms with Crippen LogP contribution < -0.4 is 26.4 Å². The second-order valence-corrected chi connectivity index (χ2v) is 6.17. The van der Waals surface area contributed by atoms with Crippen LogP contribution in [0.15, 0.2) is 42.5 Å². The van der Waals surface area contributed by atoms with E-state index in [1.165, 1.54) is 0 Å². The van der Waals surface area contributed by atoms with Crippen LogP contribution in [0, 0.1) is 6.92 Å². The van der Waals surface area contributed by atoms with Crippen molar-refractivity contribution in [1.29, 1.82) is 0 Å². The minimum Gasteiger partial charge on any atom is -0.457 e. The normalized spacial score (nSPS) is 9.75. The Balaban J connectivity index is 0.000000892. The molecule has 0 fully saturated rings. The third-order valence-electron chi connectivity index (χ3n) is 3.98. The van der Waals surface area contributed by atoms with Gasteiger partial charge in [0, 0.05) is 24.5 Å². The van der Waals surface area contributed by atoms with Gasteiger partial charge >= 0.3 is 6.03 Å².